The van der Waals surface area contributed by atoms with Gasteiger partial charge in [-0.25, -0.2) is 4.98 Å². The van der Waals surface area contributed by atoms with Crippen LogP contribution in [0.3, 0.4) is 0 Å². The Hall–Kier alpha value is -4.01. The molecule has 0 fully saturated rings. The summed E-state index contributed by atoms with van der Waals surface area (Å²) >= 11 is 0. The highest BCUT2D eigenvalue weighted by molar-refractivity contribution is 5.96. The fourth-order valence-electron chi connectivity index (χ4n) is 2.38. The van der Waals surface area contributed by atoms with Crippen LogP contribution in [0.1, 0.15) is 18.5 Å². The predicted molar refractivity (Wildman–Crippen MR) is 102 cm³/mol. The molecule has 5 amide bonds. The minimum absolute atomic E-state index is 0.102. The molecule has 0 bridgehead atoms. The van der Waals surface area contributed by atoms with Crippen LogP contribution < -0.4 is 33.2 Å². The van der Waals surface area contributed by atoms with Crippen molar-refractivity contribution in [2.75, 3.05) is 6.54 Å². The van der Waals surface area contributed by atoms with Crippen LogP contribution in [0.2, 0.25) is 0 Å². The molecule has 1 heterocycles. The van der Waals surface area contributed by atoms with E-state index in [1.54, 1.807) is 0 Å². The van der Waals surface area contributed by atoms with Crippen molar-refractivity contribution < 1.29 is 33.9 Å². The third kappa shape index (κ3) is 9.35. The van der Waals surface area contributed by atoms with Crippen LogP contribution in [0.4, 0.5) is 0 Å². The van der Waals surface area contributed by atoms with Gasteiger partial charge in [0.2, 0.25) is 29.5 Å². The number of H-pyrrole nitrogens is 1. The summed E-state index contributed by atoms with van der Waals surface area (Å²) in [6.45, 7) is -0.697. The number of aromatic nitrogens is 2. The molecule has 3 atom stereocenters. The van der Waals surface area contributed by atoms with Crippen LogP contribution in [0.15, 0.2) is 12.5 Å². The second kappa shape index (κ2) is 11.9. The number of hydrogen-bond donors (Lipinski definition) is 8. The summed E-state index contributed by atoms with van der Waals surface area (Å²) in [5.41, 5.74) is 16.0. The summed E-state index contributed by atoms with van der Waals surface area (Å²) in [6.07, 6.45) is 1.48. The Morgan fingerprint density at radius 3 is 2.10 bits per heavy atom. The summed E-state index contributed by atoms with van der Waals surface area (Å²) in [5, 5.41) is 15.3. The van der Waals surface area contributed by atoms with E-state index < -0.39 is 73.0 Å². The minimum atomic E-state index is -1.51. The van der Waals surface area contributed by atoms with E-state index in [0.717, 1.165) is 0 Å². The molecule has 0 radical (unpaired) electrons. The molecule has 15 nitrogen and oxygen atoms in total. The first-order valence-electron chi connectivity index (χ1n) is 8.89. The molecule has 15 heteroatoms. The van der Waals surface area contributed by atoms with Crippen molar-refractivity contribution >= 4 is 35.5 Å². The zero-order chi connectivity index (χ0) is 23.6. The molecule has 0 saturated heterocycles. The number of carbonyl (C=O) groups is 6. The van der Waals surface area contributed by atoms with E-state index in [-0.39, 0.29) is 6.42 Å². The van der Waals surface area contributed by atoms with E-state index in [1.807, 2.05) is 0 Å². The third-order valence-electron chi connectivity index (χ3n) is 3.82. The molecule has 1 aromatic heterocycles. The number of aliphatic carboxylic acids is 1. The maximum atomic E-state index is 12.7. The number of rotatable bonds is 13. The molecule has 170 valence electrons. The molecule has 3 unspecified atom stereocenters. The van der Waals surface area contributed by atoms with Gasteiger partial charge in [-0.3, -0.25) is 28.8 Å². The van der Waals surface area contributed by atoms with Crippen LogP contribution in [0.5, 0.6) is 0 Å². The van der Waals surface area contributed by atoms with Crippen molar-refractivity contribution in [1.82, 2.24) is 25.9 Å². The van der Waals surface area contributed by atoms with E-state index in [9.17, 15) is 28.8 Å². The number of carboxylic acids is 1. The van der Waals surface area contributed by atoms with Gasteiger partial charge in [-0.2, -0.15) is 0 Å². The van der Waals surface area contributed by atoms with Crippen molar-refractivity contribution in [2.24, 2.45) is 17.2 Å². The average Bonchev–Trinajstić information content (AvgIpc) is 3.17. The molecular formula is C16H24N8O7. The van der Waals surface area contributed by atoms with Gasteiger partial charge in [0.05, 0.1) is 25.2 Å². The summed E-state index contributed by atoms with van der Waals surface area (Å²) in [6, 6.07) is -4.17. The van der Waals surface area contributed by atoms with Gasteiger partial charge in [-0.1, -0.05) is 0 Å². The Morgan fingerprint density at radius 2 is 1.58 bits per heavy atom. The Balaban J connectivity index is 2.95. The van der Waals surface area contributed by atoms with Crippen molar-refractivity contribution in [2.45, 2.75) is 37.4 Å². The number of carbonyl (C=O) groups excluding carboxylic acids is 5. The van der Waals surface area contributed by atoms with E-state index in [2.05, 4.69) is 25.9 Å². The van der Waals surface area contributed by atoms with Gasteiger partial charge in [0, 0.05) is 18.3 Å². The summed E-state index contributed by atoms with van der Waals surface area (Å²) in [5.74, 6) is -5.84. The average molecular weight is 440 g/mol. The molecule has 0 saturated carbocycles. The lowest BCUT2D eigenvalue weighted by molar-refractivity contribution is -0.138. The maximum absolute atomic E-state index is 12.7. The number of amides is 5. The van der Waals surface area contributed by atoms with E-state index in [4.69, 9.17) is 22.3 Å². The zero-order valence-corrected chi connectivity index (χ0v) is 16.3. The Morgan fingerprint density at radius 1 is 0.968 bits per heavy atom. The van der Waals surface area contributed by atoms with E-state index >= 15 is 0 Å². The number of nitrogens with one attached hydrogen (secondary N) is 4. The molecule has 31 heavy (non-hydrogen) atoms. The van der Waals surface area contributed by atoms with Crippen molar-refractivity contribution in [3.8, 4) is 0 Å². The predicted octanol–water partition coefficient (Wildman–Crippen LogP) is -4.80. The highest BCUT2D eigenvalue weighted by atomic mass is 16.4. The second-order valence-electron chi connectivity index (χ2n) is 6.46. The molecular weight excluding hydrogens is 416 g/mol. The lowest BCUT2D eigenvalue weighted by atomic mass is 10.1. The van der Waals surface area contributed by atoms with Gasteiger partial charge in [0.25, 0.3) is 0 Å². The Kier molecular flexibility index (Phi) is 9.58. The van der Waals surface area contributed by atoms with Crippen molar-refractivity contribution in [1.29, 1.82) is 0 Å². The standard InChI is InChI=1S/C16H24N8O7/c17-8(2-11(18)25)14(29)23-10(3-12(19)26)16(31)24-9(1-7-4-20-6-22-7)15(30)21-5-13(27)28/h4,6,8-10H,1-3,5,17H2,(H2,18,25)(H2,19,26)(H,20,22)(H,21,30)(H,23,29)(H,24,31)(H,27,28). The van der Waals surface area contributed by atoms with Crippen LogP contribution in [-0.4, -0.2) is 75.2 Å². The number of primary amides is 2. The van der Waals surface area contributed by atoms with Crippen molar-refractivity contribution in [3.63, 3.8) is 0 Å². The number of nitrogens with zero attached hydrogens (tertiary/aromatic N) is 1. The number of nitrogens with two attached hydrogens (primary N) is 3. The molecule has 1 aromatic rings. The highest BCUT2D eigenvalue weighted by Gasteiger charge is 2.30. The molecule has 0 spiro atoms. The van der Waals surface area contributed by atoms with Gasteiger partial charge in [0.15, 0.2) is 0 Å². The molecule has 11 N–H and O–H groups in total. The molecule has 0 aromatic carbocycles. The molecule has 1 rings (SSSR count). The monoisotopic (exact) mass is 440 g/mol. The highest BCUT2D eigenvalue weighted by Crippen LogP contribution is 2.02. The van der Waals surface area contributed by atoms with Gasteiger partial charge < -0.3 is 43.2 Å². The zero-order valence-electron chi connectivity index (χ0n) is 16.3. The quantitative estimate of drug-likeness (QED) is 0.146. The fourth-order valence-corrected chi connectivity index (χ4v) is 2.38. The van der Waals surface area contributed by atoms with Crippen LogP contribution >= 0.6 is 0 Å². The minimum Gasteiger partial charge on any atom is -0.480 e. The Labute approximate surface area is 175 Å². The number of carboxylic acid groups (broad SMARTS) is 1. The first-order chi connectivity index (χ1) is 14.5. The van der Waals surface area contributed by atoms with Crippen LogP contribution in [0, 0.1) is 0 Å². The van der Waals surface area contributed by atoms with E-state index in [1.165, 1.54) is 12.5 Å². The number of hydrogen-bond acceptors (Lipinski definition) is 8. The summed E-state index contributed by atoms with van der Waals surface area (Å²) < 4.78 is 0. The molecule has 0 aliphatic heterocycles. The largest absolute Gasteiger partial charge is 0.480 e. The van der Waals surface area contributed by atoms with Crippen LogP contribution in [0.25, 0.3) is 0 Å². The smallest absolute Gasteiger partial charge is 0.322 e. The lowest BCUT2D eigenvalue weighted by Crippen LogP contribution is -2.57. The SMILES string of the molecule is NC(=O)CC(N)C(=O)NC(CC(N)=O)C(=O)NC(Cc1cnc[nH]1)C(=O)NCC(=O)O. The summed E-state index contributed by atoms with van der Waals surface area (Å²) in [4.78, 5) is 76.5. The fraction of sp³-hybridized carbons (Fsp3) is 0.438. The third-order valence-corrected chi connectivity index (χ3v) is 3.82. The van der Waals surface area contributed by atoms with Crippen LogP contribution in [-0.2, 0) is 35.2 Å². The maximum Gasteiger partial charge on any atom is 0.322 e. The number of imidazole rings is 1. The van der Waals surface area contributed by atoms with Crippen molar-refractivity contribution in [3.05, 3.63) is 18.2 Å². The van der Waals surface area contributed by atoms with E-state index in [0.29, 0.717) is 5.69 Å². The molecule has 0 aliphatic rings. The first-order valence-corrected chi connectivity index (χ1v) is 8.89. The first kappa shape index (κ1) is 25.0. The molecule has 0 aliphatic carbocycles. The summed E-state index contributed by atoms with van der Waals surface area (Å²) in [7, 11) is 0. The Bertz CT molecular complexity index is 826. The second-order valence-corrected chi connectivity index (χ2v) is 6.46. The van der Waals surface area contributed by atoms with Gasteiger partial charge in [-0.05, 0) is 0 Å². The number of aromatic amines is 1. The van der Waals surface area contributed by atoms with Gasteiger partial charge in [0.1, 0.15) is 18.6 Å². The van der Waals surface area contributed by atoms with Gasteiger partial charge in [-0.15, -0.1) is 0 Å². The lowest BCUT2D eigenvalue weighted by Gasteiger charge is -2.23. The topological polar surface area (TPSA) is 265 Å². The van der Waals surface area contributed by atoms with Gasteiger partial charge >= 0.3 is 5.97 Å². The normalized spacial score (nSPS) is 13.3.